The Hall–Kier alpha value is -1.25. The Kier molecular flexibility index (Phi) is 3.74. The van der Waals surface area contributed by atoms with E-state index in [0.29, 0.717) is 24.5 Å². The zero-order chi connectivity index (χ0) is 10.6. The van der Waals surface area contributed by atoms with Crippen LogP contribution in [0.2, 0.25) is 0 Å². The van der Waals surface area contributed by atoms with Gasteiger partial charge in [0.15, 0.2) is 5.76 Å². The molecule has 0 aromatic rings. The van der Waals surface area contributed by atoms with Crippen LogP contribution in [0.25, 0.3) is 0 Å². The van der Waals surface area contributed by atoms with E-state index in [-0.39, 0.29) is 11.5 Å². The number of carbonyl (C=O) groups is 1. The van der Waals surface area contributed by atoms with Crippen LogP contribution in [-0.4, -0.2) is 18.0 Å². The van der Waals surface area contributed by atoms with Gasteiger partial charge in [-0.3, -0.25) is 0 Å². The number of carbonyl (C=O) groups excluding carboxylic acids is 1. The molecular weight excluding hydrogens is 180 g/mol. The van der Waals surface area contributed by atoms with E-state index < -0.39 is 0 Å². The molecule has 0 saturated heterocycles. The van der Waals surface area contributed by atoms with Crippen LogP contribution in [0.1, 0.15) is 26.2 Å². The molecule has 0 spiro atoms. The molecule has 0 aromatic heterocycles. The first-order chi connectivity index (χ1) is 6.63. The number of hydrogen-bond donors (Lipinski definition) is 1. The van der Waals surface area contributed by atoms with Crippen LogP contribution >= 0.6 is 0 Å². The lowest BCUT2D eigenvalue weighted by Gasteiger charge is -2.18. The van der Waals surface area contributed by atoms with Crippen molar-refractivity contribution in [3.63, 3.8) is 0 Å². The highest BCUT2D eigenvalue weighted by Crippen LogP contribution is 2.25. The molecule has 0 aliphatic heterocycles. The molecule has 3 nitrogen and oxygen atoms in total. The fraction of sp³-hybridized carbons (Fsp3) is 0.545. The van der Waals surface area contributed by atoms with E-state index in [1.54, 1.807) is 20.1 Å². The molecule has 1 N–H and O–H groups in total. The van der Waals surface area contributed by atoms with Crippen molar-refractivity contribution in [2.45, 2.75) is 26.2 Å². The fourth-order valence-electron chi connectivity index (χ4n) is 1.51. The Morgan fingerprint density at radius 1 is 1.71 bits per heavy atom. The Morgan fingerprint density at radius 2 is 2.43 bits per heavy atom. The maximum atomic E-state index is 10.8. The summed E-state index contributed by atoms with van der Waals surface area (Å²) in [5.41, 5.74) is 0. The fourth-order valence-corrected chi connectivity index (χ4v) is 1.51. The number of rotatable bonds is 4. The number of hydrogen-bond acceptors (Lipinski definition) is 3. The third kappa shape index (κ3) is 2.91. The first kappa shape index (κ1) is 10.8. The molecule has 1 rings (SSSR count). The van der Waals surface area contributed by atoms with Crippen LogP contribution in [0.5, 0.6) is 0 Å². The van der Waals surface area contributed by atoms with Gasteiger partial charge in [0.1, 0.15) is 11.5 Å². The standard InChI is InChI=1S/C11H16O3/c1-8(12)3-4-9-5-6-10(13)11(7-9)14-2/h5-6,9,13H,3-4,7H2,1-2H3. The Balaban J connectivity index is 2.47. The third-order valence-corrected chi connectivity index (χ3v) is 2.37. The highest BCUT2D eigenvalue weighted by molar-refractivity contribution is 5.75. The van der Waals surface area contributed by atoms with Gasteiger partial charge >= 0.3 is 0 Å². The molecule has 1 unspecified atom stereocenters. The summed E-state index contributed by atoms with van der Waals surface area (Å²) in [6, 6.07) is 0. The van der Waals surface area contributed by atoms with Crippen molar-refractivity contribution in [3.05, 3.63) is 23.7 Å². The van der Waals surface area contributed by atoms with Crippen LogP contribution in [0.15, 0.2) is 23.7 Å². The molecule has 0 heterocycles. The monoisotopic (exact) mass is 196 g/mol. The van der Waals surface area contributed by atoms with Gasteiger partial charge in [0, 0.05) is 12.8 Å². The van der Waals surface area contributed by atoms with E-state index in [4.69, 9.17) is 4.74 Å². The second-order valence-corrected chi connectivity index (χ2v) is 3.58. The summed E-state index contributed by atoms with van der Waals surface area (Å²) < 4.78 is 5.03. The lowest BCUT2D eigenvalue weighted by Crippen LogP contribution is -2.08. The highest BCUT2D eigenvalue weighted by Gasteiger charge is 2.16. The molecule has 3 heteroatoms. The molecule has 1 atom stereocenters. The molecule has 0 bridgehead atoms. The molecule has 0 amide bonds. The Morgan fingerprint density at radius 3 is 3.00 bits per heavy atom. The summed E-state index contributed by atoms with van der Waals surface area (Å²) in [5, 5.41) is 9.37. The molecule has 0 saturated carbocycles. The summed E-state index contributed by atoms with van der Waals surface area (Å²) in [4.78, 5) is 10.8. The van der Waals surface area contributed by atoms with Crippen molar-refractivity contribution in [2.75, 3.05) is 7.11 Å². The minimum atomic E-state index is 0.201. The maximum absolute atomic E-state index is 10.8. The third-order valence-electron chi connectivity index (χ3n) is 2.37. The van der Waals surface area contributed by atoms with E-state index in [0.717, 1.165) is 6.42 Å². The van der Waals surface area contributed by atoms with Crippen molar-refractivity contribution in [1.29, 1.82) is 0 Å². The Labute approximate surface area is 84.1 Å². The van der Waals surface area contributed by atoms with Gasteiger partial charge in [-0.2, -0.15) is 0 Å². The predicted octanol–water partition coefficient (Wildman–Crippen LogP) is 2.35. The molecule has 14 heavy (non-hydrogen) atoms. The molecule has 1 aliphatic rings. The second kappa shape index (κ2) is 4.84. The van der Waals surface area contributed by atoms with Crippen LogP contribution < -0.4 is 0 Å². The number of ether oxygens (including phenoxy) is 1. The number of ketones is 1. The van der Waals surface area contributed by atoms with Crippen molar-refractivity contribution in [1.82, 2.24) is 0 Å². The van der Waals surface area contributed by atoms with Crippen molar-refractivity contribution < 1.29 is 14.6 Å². The van der Waals surface area contributed by atoms with Crippen LogP contribution in [0.4, 0.5) is 0 Å². The molecule has 0 aromatic carbocycles. The zero-order valence-corrected chi connectivity index (χ0v) is 8.62. The van der Waals surface area contributed by atoms with Crippen molar-refractivity contribution >= 4 is 5.78 Å². The molecule has 1 aliphatic carbocycles. The number of aliphatic hydroxyl groups is 1. The minimum absolute atomic E-state index is 0.201. The van der Waals surface area contributed by atoms with E-state index >= 15 is 0 Å². The van der Waals surface area contributed by atoms with E-state index in [9.17, 15) is 9.90 Å². The van der Waals surface area contributed by atoms with Gasteiger partial charge in [-0.15, -0.1) is 0 Å². The SMILES string of the molecule is COC1=C(O)C=CC(CCC(C)=O)C1. The van der Waals surface area contributed by atoms with E-state index in [1.165, 1.54) is 0 Å². The summed E-state index contributed by atoms with van der Waals surface area (Å²) in [7, 11) is 1.55. The molecule has 78 valence electrons. The number of allylic oxidation sites excluding steroid dienone is 3. The quantitative estimate of drug-likeness (QED) is 0.750. The normalized spacial score (nSPS) is 21.1. The zero-order valence-electron chi connectivity index (χ0n) is 8.62. The van der Waals surface area contributed by atoms with Gasteiger partial charge in [-0.05, 0) is 25.3 Å². The summed E-state index contributed by atoms with van der Waals surface area (Å²) in [6.45, 7) is 1.59. The van der Waals surface area contributed by atoms with Gasteiger partial charge in [0.25, 0.3) is 0 Å². The first-order valence-electron chi connectivity index (χ1n) is 4.77. The summed E-state index contributed by atoms with van der Waals surface area (Å²) in [5.74, 6) is 1.33. The van der Waals surface area contributed by atoms with E-state index in [1.807, 2.05) is 6.08 Å². The smallest absolute Gasteiger partial charge is 0.152 e. The number of methoxy groups -OCH3 is 1. The number of Topliss-reactive ketones (excluding diaryl/α,β-unsaturated/α-hetero) is 1. The lowest BCUT2D eigenvalue weighted by atomic mass is 9.93. The minimum Gasteiger partial charge on any atom is -0.505 e. The van der Waals surface area contributed by atoms with Crippen LogP contribution in [0.3, 0.4) is 0 Å². The average molecular weight is 196 g/mol. The summed E-state index contributed by atoms with van der Waals surface area (Å²) in [6.07, 6.45) is 5.68. The van der Waals surface area contributed by atoms with Crippen molar-refractivity contribution in [2.24, 2.45) is 5.92 Å². The van der Waals surface area contributed by atoms with Crippen LogP contribution in [0, 0.1) is 5.92 Å². The van der Waals surface area contributed by atoms with Gasteiger partial charge < -0.3 is 14.6 Å². The maximum Gasteiger partial charge on any atom is 0.152 e. The van der Waals surface area contributed by atoms with Crippen LogP contribution in [-0.2, 0) is 9.53 Å². The van der Waals surface area contributed by atoms with Gasteiger partial charge in [-0.1, -0.05) is 6.08 Å². The predicted molar refractivity (Wildman–Crippen MR) is 53.8 cm³/mol. The van der Waals surface area contributed by atoms with E-state index in [2.05, 4.69) is 0 Å². The topological polar surface area (TPSA) is 46.5 Å². The second-order valence-electron chi connectivity index (χ2n) is 3.58. The Bertz CT molecular complexity index is 276. The van der Waals surface area contributed by atoms with Gasteiger partial charge in [-0.25, -0.2) is 0 Å². The van der Waals surface area contributed by atoms with Gasteiger partial charge in [0.05, 0.1) is 7.11 Å². The highest BCUT2D eigenvalue weighted by atomic mass is 16.5. The number of aliphatic hydroxyl groups excluding tert-OH is 1. The van der Waals surface area contributed by atoms with Crippen molar-refractivity contribution in [3.8, 4) is 0 Å². The molecule has 0 radical (unpaired) electrons. The molecule has 0 fully saturated rings. The largest absolute Gasteiger partial charge is 0.505 e. The summed E-state index contributed by atoms with van der Waals surface area (Å²) >= 11 is 0. The molecular formula is C11H16O3. The van der Waals surface area contributed by atoms with Gasteiger partial charge in [0.2, 0.25) is 0 Å². The first-order valence-corrected chi connectivity index (χ1v) is 4.77. The average Bonchev–Trinajstić information content (AvgIpc) is 2.16. The lowest BCUT2D eigenvalue weighted by molar-refractivity contribution is -0.117.